The summed E-state index contributed by atoms with van der Waals surface area (Å²) in [5.74, 6) is -0.125. The van der Waals surface area contributed by atoms with Gasteiger partial charge >= 0.3 is 0 Å². The van der Waals surface area contributed by atoms with Gasteiger partial charge in [0.05, 0.1) is 10.5 Å². The molecule has 1 aromatic carbocycles. The Bertz CT molecular complexity index is 631. The zero-order valence-electron chi connectivity index (χ0n) is 10.5. The Labute approximate surface area is 115 Å². The zero-order chi connectivity index (χ0) is 13.5. The molecule has 0 saturated heterocycles. The average molecular weight is 276 g/mol. The number of nitrogens with one attached hydrogen (secondary N) is 1. The highest BCUT2D eigenvalue weighted by atomic mass is 32.1. The largest absolute Gasteiger partial charge is 0.399 e. The lowest BCUT2D eigenvalue weighted by molar-refractivity contribution is -0.0300. The summed E-state index contributed by atoms with van der Waals surface area (Å²) >= 11 is 1.44. The van der Waals surface area contributed by atoms with Crippen LogP contribution in [0.2, 0.25) is 0 Å². The molecule has 1 aliphatic rings. The van der Waals surface area contributed by atoms with Gasteiger partial charge in [0.2, 0.25) is 0 Å². The average Bonchev–Trinajstić information content (AvgIpc) is 2.76. The SMILES string of the molecule is Nc1ccc2sc(C(=O)NCC3(O)CCC3)cc2c1. The third-order valence-electron chi connectivity index (χ3n) is 3.63. The number of nitrogen functional groups attached to an aromatic ring is 1. The van der Waals surface area contributed by atoms with Crippen molar-refractivity contribution < 1.29 is 9.90 Å². The highest BCUT2D eigenvalue weighted by Crippen LogP contribution is 2.31. The fourth-order valence-corrected chi connectivity index (χ4v) is 3.23. The first-order valence-corrected chi connectivity index (χ1v) is 7.17. The maximum atomic E-state index is 12.0. The van der Waals surface area contributed by atoms with Crippen molar-refractivity contribution in [3.8, 4) is 0 Å². The Kier molecular flexibility index (Phi) is 2.95. The second kappa shape index (κ2) is 4.51. The van der Waals surface area contributed by atoms with Crippen LogP contribution < -0.4 is 11.1 Å². The molecule has 0 spiro atoms. The first-order chi connectivity index (χ1) is 9.06. The summed E-state index contributed by atoms with van der Waals surface area (Å²) in [5.41, 5.74) is 5.73. The van der Waals surface area contributed by atoms with E-state index in [0.29, 0.717) is 17.1 Å². The molecule has 4 N–H and O–H groups in total. The summed E-state index contributed by atoms with van der Waals surface area (Å²) < 4.78 is 1.04. The number of carbonyl (C=O) groups is 1. The number of carbonyl (C=O) groups excluding carboxylic acids is 1. The number of benzene rings is 1. The van der Waals surface area contributed by atoms with E-state index in [2.05, 4.69) is 5.32 Å². The van der Waals surface area contributed by atoms with Gasteiger partial charge in [0.25, 0.3) is 5.91 Å². The van der Waals surface area contributed by atoms with E-state index in [1.165, 1.54) is 11.3 Å². The summed E-state index contributed by atoms with van der Waals surface area (Å²) in [4.78, 5) is 12.7. The molecule has 100 valence electrons. The van der Waals surface area contributed by atoms with E-state index in [-0.39, 0.29) is 5.91 Å². The van der Waals surface area contributed by atoms with E-state index >= 15 is 0 Å². The minimum Gasteiger partial charge on any atom is -0.399 e. The van der Waals surface area contributed by atoms with Crippen LogP contribution in [0.5, 0.6) is 0 Å². The Morgan fingerprint density at radius 2 is 2.21 bits per heavy atom. The van der Waals surface area contributed by atoms with Crippen LogP contribution in [0.1, 0.15) is 28.9 Å². The number of amides is 1. The summed E-state index contributed by atoms with van der Waals surface area (Å²) in [6.45, 7) is 0.336. The maximum absolute atomic E-state index is 12.0. The van der Waals surface area contributed by atoms with Gasteiger partial charge in [-0.2, -0.15) is 0 Å². The van der Waals surface area contributed by atoms with Crippen molar-refractivity contribution in [1.82, 2.24) is 5.32 Å². The molecule has 0 radical (unpaired) electrons. The Morgan fingerprint density at radius 3 is 2.89 bits per heavy atom. The van der Waals surface area contributed by atoms with Gasteiger partial charge in [-0.15, -0.1) is 11.3 Å². The van der Waals surface area contributed by atoms with Crippen LogP contribution in [0.15, 0.2) is 24.3 Å². The molecule has 4 nitrogen and oxygen atoms in total. The molecule has 3 rings (SSSR count). The van der Waals surface area contributed by atoms with Gasteiger partial charge in [-0.1, -0.05) is 0 Å². The summed E-state index contributed by atoms with van der Waals surface area (Å²) in [5, 5.41) is 13.7. The minimum absolute atomic E-state index is 0.125. The van der Waals surface area contributed by atoms with E-state index in [1.54, 1.807) is 0 Å². The third-order valence-corrected chi connectivity index (χ3v) is 4.74. The first kappa shape index (κ1) is 12.4. The molecule has 5 heteroatoms. The summed E-state index contributed by atoms with van der Waals surface area (Å²) in [6.07, 6.45) is 2.58. The van der Waals surface area contributed by atoms with Gasteiger partial charge in [0.1, 0.15) is 0 Å². The van der Waals surface area contributed by atoms with Gasteiger partial charge < -0.3 is 16.2 Å². The molecule has 1 aliphatic carbocycles. The van der Waals surface area contributed by atoms with Gasteiger partial charge in [-0.25, -0.2) is 0 Å². The lowest BCUT2D eigenvalue weighted by Gasteiger charge is -2.36. The van der Waals surface area contributed by atoms with Crippen LogP contribution in [0.4, 0.5) is 5.69 Å². The predicted octanol–water partition coefficient (Wildman–Crippen LogP) is 2.13. The van der Waals surface area contributed by atoms with Crippen LogP contribution in [-0.4, -0.2) is 23.2 Å². The Morgan fingerprint density at radius 1 is 1.42 bits per heavy atom. The van der Waals surface area contributed by atoms with Crippen LogP contribution in [0, 0.1) is 0 Å². The van der Waals surface area contributed by atoms with Crippen LogP contribution in [0.3, 0.4) is 0 Å². The number of thiophene rings is 1. The van der Waals surface area contributed by atoms with Crippen molar-refractivity contribution in [3.63, 3.8) is 0 Å². The van der Waals surface area contributed by atoms with Crippen LogP contribution in [-0.2, 0) is 0 Å². The number of anilines is 1. The summed E-state index contributed by atoms with van der Waals surface area (Å²) in [7, 11) is 0. The van der Waals surface area contributed by atoms with Crippen molar-refractivity contribution in [1.29, 1.82) is 0 Å². The van der Waals surface area contributed by atoms with Crippen molar-refractivity contribution in [2.75, 3.05) is 12.3 Å². The van der Waals surface area contributed by atoms with Crippen molar-refractivity contribution in [2.45, 2.75) is 24.9 Å². The number of hydrogen-bond acceptors (Lipinski definition) is 4. The second-order valence-corrected chi connectivity index (χ2v) is 6.25. The molecule has 0 aliphatic heterocycles. The fraction of sp³-hybridized carbons (Fsp3) is 0.357. The quantitative estimate of drug-likeness (QED) is 0.752. The highest BCUT2D eigenvalue weighted by Gasteiger charge is 2.34. The van der Waals surface area contributed by atoms with Crippen molar-refractivity contribution in [2.24, 2.45) is 0 Å². The summed E-state index contributed by atoms with van der Waals surface area (Å²) in [6, 6.07) is 7.46. The predicted molar refractivity (Wildman–Crippen MR) is 77.4 cm³/mol. The number of nitrogens with two attached hydrogens (primary N) is 1. The molecular weight excluding hydrogens is 260 g/mol. The molecule has 2 aromatic rings. The van der Waals surface area contributed by atoms with Crippen molar-refractivity contribution >= 4 is 33.0 Å². The molecule has 1 heterocycles. The van der Waals surface area contributed by atoms with E-state index in [9.17, 15) is 9.90 Å². The second-order valence-electron chi connectivity index (χ2n) is 5.17. The lowest BCUT2D eigenvalue weighted by atomic mass is 9.80. The van der Waals surface area contributed by atoms with E-state index < -0.39 is 5.60 Å². The number of aliphatic hydroxyl groups is 1. The number of hydrogen-bond donors (Lipinski definition) is 3. The molecule has 1 amide bonds. The standard InChI is InChI=1S/C14H16N2O2S/c15-10-2-3-11-9(6-10)7-12(19-11)13(17)16-8-14(18)4-1-5-14/h2-3,6-7,18H,1,4-5,8,15H2,(H,16,17). The zero-order valence-corrected chi connectivity index (χ0v) is 11.3. The monoisotopic (exact) mass is 276 g/mol. The third kappa shape index (κ3) is 2.43. The van der Waals surface area contributed by atoms with Crippen molar-refractivity contribution in [3.05, 3.63) is 29.1 Å². The Balaban J connectivity index is 1.74. The smallest absolute Gasteiger partial charge is 0.261 e. The van der Waals surface area contributed by atoms with Gasteiger partial charge in [-0.05, 0) is 48.9 Å². The first-order valence-electron chi connectivity index (χ1n) is 6.35. The lowest BCUT2D eigenvalue weighted by Crippen LogP contribution is -2.47. The maximum Gasteiger partial charge on any atom is 0.261 e. The molecule has 19 heavy (non-hydrogen) atoms. The van der Waals surface area contributed by atoms with Crippen LogP contribution >= 0.6 is 11.3 Å². The highest BCUT2D eigenvalue weighted by molar-refractivity contribution is 7.20. The molecule has 0 atom stereocenters. The molecule has 1 aromatic heterocycles. The van der Waals surface area contributed by atoms with E-state index in [4.69, 9.17) is 5.73 Å². The normalized spacial score (nSPS) is 17.1. The van der Waals surface area contributed by atoms with Gasteiger partial charge in [0, 0.05) is 16.9 Å². The Hall–Kier alpha value is -1.59. The minimum atomic E-state index is -0.684. The fourth-order valence-electron chi connectivity index (χ4n) is 2.27. The number of fused-ring (bicyclic) bond motifs is 1. The van der Waals surface area contributed by atoms with E-state index in [0.717, 1.165) is 29.3 Å². The molecule has 0 bridgehead atoms. The molecule has 1 saturated carbocycles. The van der Waals surface area contributed by atoms with Gasteiger partial charge in [0.15, 0.2) is 0 Å². The molecule has 0 unspecified atom stereocenters. The molecule has 1 fully saturated rings. The molecular formula is C14H16N2O2S. The van der Waals surface area contributed by atoms with Gasteiger partial charge in [-0.3, -0.25) is 4.79 Å². The topological polar surface area (TPSA) is 75.4 Å². The number of rotatable bonds is 3. The van der Waals surface area contributed by atoms with E-state index in [1.807, 2.05) is 24.3 Å². The van der Waals surface area contributed by atoms with Crippen LogP contribution in [0.25, 0.3) is 10.1 Å².